The number of fused-ring (bicyclic) bond motifs is 1. The number of piperazine rings is 1. The third kappa shape index (κ3) is 1.89. The van der Waals surface area contributed by atoms with Crippen LogP contribution in [0.3, 0.4) is 0 Å². The maximum Gasteiger partial charge on any atom is 0.206 e. The molecule has 2 fully saturated rings. The van der Waals surface area contributed by atoms with E-state index in [4.69, 9.17) is 4.98 Å². The first kappa shape index (κ1) is 12.2. The molecule has 2 aliphatic heterocycles. The van der Waals surface area contributed by atoms with Gasteiger partial charge in [-0.2, -0.15) is 0 Å². The molecule has 0 aliphatic carbocycles. The first-order chi connectivity index (χ1) is 9.83. The molecule has 3 heterocycles. The Balaban J connectivity index is 1.50. The first-order valence-corrected chi connectivity index (χ1v) is 7.44. The summed E-state index contributed by atoms with van der Waals surface area (Å²) in [6, 6.07) is 9.06. The van der Waals surface area contributed by atoms with E-state index in [1.165, 1.54) is 18.6 Å². The first-order valence-electron chi connectivity index (χ1n) is 7.44. The average molecular weight is 271 g/mol. The normalized spacial score (nSPS) is 21.4. The van der Waals surface area contributed by atoms with Gasteiger partial charge in [-0.1, -0.05) is 12.1 Å². The van der Waals surface area contributed by atoms with E-state index in [0.29, 0.717) is 6.04 Å². The highest BCUT2D eigenvalue weighted by Gasteiger charge is 2.34. The highest BCUT2D eigenvalue weighted by molar-refractivity contribution is 5.78. The van der Waals surface area contributed by atoms with Gasteiger partial charge >= 0.3 is 0 Å². The summed E-state index contributed by atoms with van der Waals surface area (Å²) in [5, 5.41) is 3.42. The molecule has 0 unspecified atom stereocenters. The van der Waals surface area contributed by atoms with Crippen LogP contribution in [0.2, 0.25) is 0 Å². The lowest BCUT2D eigenvalue weighted by Gasteiger charge is -2.47. The second kappa shape index (κ2) is 4.75. The molecule has 2 saturated heterocycles. The van der Waals surface area contributed by atoms with Gasteiger partial charge in [0.1, 0.15) is 0 Å². The van der Waals surface area contributed by atoms with Crippen LogP contribution in [0.15, 0.2) is 24.3 Å². The third-order valence-electron chi connectivity index (χ3n) is 4.58. The van der Waals surface area contributed by atoms with Gasteiger partial charge in [0.15, 0.2) is 0 Å². The van der Waals surface area contributed by atoms with E-state index in [9.17, 15) is 0 Å². The minimum absolute atomic E-state index is 0.705. The largest absolute Gasteiger partial charge is 0.339 e. The van der Waals surface area contributed by atoms with Crippen molar-refractivity contribution in [1.29, 1.82) is 0 Å². The van der Waals surface area contributed by atoms with Crippen LogP contribution in [0.1, 0.15) is 0 Å². The quantitative estimate of drug-likeness (QED) is 0.871. The molecule has 1 N–H and O–H groups in total. The summed E-state index contributed by atoms with van der Waals surface area (Å²) in [6.45, 7) is 6.84. The molecule has 106 valence electrons. The van der Waals surface area contributed by atoms with Gasteiger partial charge in [0, 0.05) is 52.4 Å². The van der Waals surface area contributed by atoms with Crippen LogP contribution in [-0.4, -0.2) is 59.8 Å². The second-order valence-corrected chi connectivity index (χ2v) is 5.80. The molecule has 2 aliphatic rings. The lowest BCUT2D eigenvalue weighted by atomic mass is 10.1. The zero-order valence-corrected chi connectivity index (χ0v) is 11.9. The summed E-state index contributed by atoms with van der Waals surface area (Å²) >= 11 is 0. The smallest absolute Gasteiger partial charge is 0.206 e. The van der Waals surface area contributed by atoms with Crippen molar-refractivity contribution in [1.82, 2.24) is 19.8 Å². The summed E-state index contributed by atoms with van der Waals surface area (Å²) in [7, 11) is 2.11. The van der Waals surface area contributed by atoms with Gasteiger partial charge in [-0.3, -0.25) is 4.90 Å². The van der Waals surface area contributed by atoms with Crippen molar-refractivity contribution in [3.8, 4) is 0 Å². The molecule has 0 saturated carbocycles. The Kier molecular flexibility index (Phi) is 2.89. The Bertz CT molecular complexity index is 608. The van der Waals surface area contributed by atoms with Gasteiger partial charge in [-0.05, 0) is 12.1 Å². The van der Waals surface area contributed by atoms with Gasteiger partial charge in [0.25, 0.3) is 0 Å². The van der Waals surface area contributed by atoms with E-state index in [0.717, 1.165) is 37.6 Å². The number of nitrogens with zero attached hydrogens (tertiary/aromatic N) is 4. The molecule has 1 aromatic heterocycles. The maximum atomic E-state index is 4.77. The Hall–Kier alpha value is -1.59. The van der Waals surface area contributed by atoms with Crippen molar-refractivity contribution in [2.45, 2.75) is 6.04 Å². The number of rotatable bonds is 2. The van der Waals surface area contributed by atoms with Crippen LogP contribution in [0.5, 0.6) is 0 Å². The van der Waals surface area contributed by atoms with E-state index in [2.05, 4.69) is 51.0 Å². The van der Waals surface area contributed by atoms with Crippen molar-refractivity contribution in [2.24, 2.45) is 7.05 Å². The van der Waals surface area contributed by atoms with E-state index in [1.807, 2.05) is 0 Å². The molecule has 0 spiro atoms. The van der Waals surface area contributed by atoms with Crippen LogP contribution in [-0.2, 0) is 7.05 Å². The fourth-order valence-corrected chi connectivity index (χ4v) is 3.31. The van der Waals surface area contributed by atoms with Crippen LogP contribution in [0.4, 0.5) is 5.95 Å². The predicted octanol–water partition coefficient (Wildman–Crippen LogP) is 0.667. The number of hydrogen-bond donors (Lipinski definition) is 1. The monoisotopic (exact) mass is 271 g/mol. The Morgan fingerprint density at radius 2 is 1.90 bits per heavy atom. The highest BCUT2D eigenvalue weighted by atomic mass is 15.4. The Morgan fingerprint density at radius 1 is 1.15 bits per heavy atom. The molecule has 1 aromatic carbocycles. The number of aryl methyl sites for hydroxylation is 1. The number of anilines is 1. The highest BCUT2D eigenvalue weighted by Crippen LogP contribution is 2.26. The number of nitrogens with one attached hydrogen (secondary N) is 1. The lowest BCUT2D eigenvalue weighted by Crippen LogP contribution is -2.63. The fourth-order valence-electron chi connectivity index (χ4n) is 3.31. The van der Waals surface area contributed by atoms with Gasteiger partial charge in [0.2, 0.25) is 5.95 Å². The van der Waals surface area contributed by atoms with E-state index < -0.39 is 0 Å². The summed E-state index contributed by atoms with van der Waals surface area (Å²) in [4.78, 5) is 9.77. The summed E-state index contributed by atoms with van der Waals surface area (Å²) in [5.41, 5.74) is 2.31. The minimum Gasteiger partial charge on any atom is -0.339 e. The van der Waals surface area contributed by atoms with Gasteiger partial charge in [-0.25, -0.2) is 4.98 Å². The Morgan fingerprint density at radius 3 is 2.65 bits per heavy atom. The van der Waals surface area contributed by atoms with Crippen molar-refractivity contribution in [3.63, 3.8) is 0 Å². The molecule has 5 heteroatoms. The molecular formula is C15H21N5. The molecule has 0 bridgehead atoms. The van der Waals surface area contributed by atoms with Gasteiger partial charge < -0.3 is 14.8 Å². The number of aromatic nitrogens is 2. The summed E-state index contributed by atoms with van der Waals surface area (Å²) in [6.07, 6.45) is 0. The lowest BCUT2D eigenvalue weighted by molar-refractivity contribution is 0.146. The molecule has 4 rings (SSSR count). The number of imidazole rings is 1. The number of para-hydroxylation sites is 2. The van der Waals surface area contributed by atoms with Crippen LogP contribution in [0.25, 0.3) is 11.0 Å². The van der Waals surface area contributed by atoms with E-state index in [-0.39, 0.29) is 0 Å². The maximum absolute atomic E-state index is 4.77. The molecule has 0 amide bonds. The Labute approximate surface area is 119 Å². The number of hydrogen-bond acceptors (Lipinski definition) is 4. The second-order valence-electron chi connectivity index (χ2n) is 5.80. The zero-order chi connectivity index (χ0) is 13.5. The van der Waals surface area contributed by atoms with Gasteiger partial charge in [-0.15, -0.1) is 0 Å². The van der Waals surface area contributed by atoms with E-state index in [1.54, 1.807) is 0 Å². The van der Waals surface area contributed by atoms with Crippen LogP contribution in [0, 0.1) is 0 Å². The topological polar surface area (TPSA) is 36.3 Å². The van der Waals surface area contributed by atoms with Crippen molar-refractivity contribution < 1.29 is 0 Å². The molecule has 2 aromatic rings. The van der Waals surface area contributed by atoms with Crippen molar-refractivity contribution in [2.75, 3.05) is 44.2 Å². The fraction of sp³-hybridized carbons (Fsp3) is 0.533. The zero-order valence-electron chi connectivity index (χ0n) is 11.9. The minimum atomic E-state index is 0.705. The molecule has 0 radical (unpaired) electrons. The molecular weight excluding hydrogens is 250 g/mol. The predicted molar refractivity (Wildman–Crippen MR) is 81.2 cm³/mol. The molecule has 20 heavy (non-hydrogen) atoms. The standard InChI is InChI=1S/C15H21N5/c1-18-14-5-3-2-4-13(14)17-15(18)20-10-12(11-20)19-8-6-16-7-9-19/h2-5,12,16H,6-11H2,1H3. The van der Waals surface area contributed by atoms with Crippen LogP contribution < -0.4 is 10.2 Å². The van der Waals surface area contributed by atoms with Gasteiger partial charge in [0.05, 0.1) is 11.0 Å². The van der Waals surface area contributed by atoms with Crippen LogP contribution >= 0.6 is 0 Å². The van der Waals surface area contributed by atoms with Crippen molar-refractivity contribution >= 4 is 17.0 Å². The summed E-state index contributed by atoms with van der Waals surface area (Å²) in [5.74, 6) is 1.11. The number of benzene rings is 1. The van der Waals surface area contributed by atoms with Crippen molar-refractivity contribution in [3.05, 3.63) is 24.3 Å². The summed E-state index contributed by atoms with van der Waals surface area (Å²) < 4.78 is 2.21. The molecule has 5 nitrogen and oxygen atoms in total. The average Bonchev–Trinajstić information content (AvgIpc) is 2.77. The van der Waals surface area contributed by atoms with E-state index >= 15 is 0 Å². The molecule has 0 atom stereocenters. The SMILES string of the molecule is Cn1c(N2CC(N3CCNCC3)C2)nc2ccccc21. The third-order valence-corrected chi connectivity index (χ3v) is 4.58.